The molecule has 0 unspecified atom stereocenters. The molecule has 0 spiro atoms. The van der Waals surface area contributed by atoms with E-state index in [-0.39, 0.29) is 88.4 Å². The van der Waals surface area contributed by atoms with Gasteiger partial charge in [0.15, 0.2) is 6.04 Å². The first-order chi connectivity index (χ1) is 53.6. The fourth-order valence-corrected chi connectivity index (χ4v) is 11.4. The molecule has 1 rings (SSSR count). The minimum atomic E-state index is -1.80. The van der Waals surface area contributed by atoms with E-state index in [0.29, 0.717) is 19.3 Å². The highest BCUT2D eigenvalue weighted by atomic mass is 32.1. The molecule has 0 aliphatic heterocycles. The van der Waals surface area contributed by atoms with E-state index >= 15 is 0 Å². The number of rotatable bonds is 59. The van der Waals surface area contributed by atoms with Crippen LogP contribution < -0.4 is 97.4 Å². The van der Waals surface area contributed by atoms with Crippen molar-refractivity contribution in [3.8, 4) is 0 Å². The summed E-state index contributed by atoms with van der Waals surface area (Å²) < 4.78 is 0. The molecular formula is C69H118N20O23S2. The third-order valence-electron chi connectivity index (χ3n) is 17.2. The van der Waals surface area contributed by atoms with E-state index in [1.807, 2.05) is 0 Å². The van der Waals surface area contributed by atoms with E-state index in [4.69, 9.17) is 22.9 Å². The molecule has 28 N–H and O–H groups in total. The Morgan fingerprint density at radius 1 is 0.395 bits per heavy atom. The van der Waals surface area contributed by atoms with Crippen molar-refractivity contribution in [2.75, 3.05) is 37.7 Å². The number of imidazole rings is 1. The maximum absolute atomic E-state index is 14.6. The second-order valence-electron chi connectivity index (χ2n) is 28.1. The zero-order valence-electron chi connectivity index (χ0n) is 65.2. The van der Waals surface area contributed by atoms with Crippen LogP contribution in [0.15, 0.2) is 12.5 Å². The Bertz CT molecular complexity index is 3360. The first-order valence-electron chi connectivity index (χ1n) is 37.5. The second kappa shape index (κ2) is 54.8. The number of nitrogens with two attached hydrogens (primary N) is 4. The van der Waals surface area contributed by atoms with E-state index in [1.165, 1.54) is 26.4 Å². The Balaban J connectivity index is 3.72. The van der Waals surface area contributed by atoms with Gasteiger partial charge in [-0.15, -0.1) is 0 Å². The molecule has 644 valence electrons. The van der Waals surface area contributed by atoms with Gasteiger partial charge < -0.3 is 128 Å². The van der Waals surface area contributed by atoms with Crippen LogP contribution in [0.4, 0.5) is 0 Å². The summed E-state index contributed by atoms with van der Waals surface area (Å²) in [5.41, 5.74) is 23.0. The molecule has 1 aromatic rings. The molecule has 0 saturated heterocycles. The molecule has 0 aliphatic rings. The summed E-state index contributed by atoms with van der Waals surface area (Å²) in [6.07, 6.45) is -2.47. The number of thiol groups is 2. The van der Waals surface area contributed by atoms with Gasteiger partial charge in [-0.2, -0.15) is 25.3 Å². The number of H-pyrrole nitrogens is 1. The lowest BCUT2D eigenvalue weighted by molar-refractivity contribution is -0.145. The number of aliphatic hydroxyl groups is 1. The highest BCUT2D eigenvalue weighted by Crippen LogP contribution is 2.15. The number of unbranched alkanes of at least 4 members (excludes halogenated alkanes) is 3. The van der Waals surface area contributed by atoms with Crippen molar-refractivity contribution in [2.24, 2.45) is 34.8 Å². The van der Waals surface area contributed by atoms with Crippen molar-refractivity contribution in [1.29, 1.82) is 0 Å². The number of aliphatic hydroxyl groups excluding tert-OH is 1. The van der Waals surface area contributed by atoms with Gasteiger partial charge in [-0.3, -0.25) is 81.5 Å². The molecular weight excluding hydrogens is 1540 g/mol. The number of aliphatic carboxylic acids is 4. The first kappa shape index (κ1) is 102. The Morgan fingerprint density at radius 3 is 1.01 bits per heavy atom. The highest BCUT2D eigenvalue weighted by Gasteiger charge is 2.39. The van der Waals surface area contributed by atoms with Crippen molar-refractivity contribution < 1.29 is 112 Å². The van der Waals surface area contributed by atoms with Gasteiger partial charge in [0.25, 0.3) is 0 Å². The monoisotopic (exact) mass is 1660 g/mol. The summed E-state index contributed by atoms with van der Waals surface area (Å²) in [5, 5.41) is 82.6. The van der Waals surface area contributed by atoms with Crippen molar-refractivity contribution >= 4 is 132 Å². The number of nitrogens with zero attached hydrogens (tertiary/aromatic N) is 1. The minimum absolute atomic E-state index is 0.0419. The summed E-state index contributed by atoms with van der Waals surface area (Å²) in [6, 6.07) is -21.6. The van der Waals surface area contributed by atoms with Crippen LogP contribution in [0.1, 0.15) is 163 Å². The lowest BCUT2D eigenvalue weighted by Crippen LogP contribution is -2.61. The zero-order chi connectivity index (χ0) is 86.5. The Kier molecular flexibility index (Phi) is 49.1. The van der Waals surface area contributed by atoms with Gasteiger partial charge in [-0.25, -0.2) is 9.78 Å². The maximum atomic E-state index is 14.6. The zero-order valence-corrected chi connectivity index (χ0v) is 67.0. The van der Waals surface area contributed by atoms with E-state index in [1.54, 1.807) is 27.7 Å². The van der Waals surface area contributed by atoms with Gasteiger partial charge in [-0.05, 0) is 142 Å². The van der Waals surface area contributed by atoms with Crippen LogP contribution in [0.25, 0.3) is 0 Å². The van der Waals surface area contributed by atoms with Gasteiger partial charge in [0.05, 0.1) is 25.0 Å². The number of carboxylic acid groups (broad SMARTS) is 4. The van der Waals surface area contributed by atoms with Gasteiger partial charge in [-0.1, -0.05) is 27.7 Å². The third kappa shape index (κ3) is 40.8. The quantitative estimate of drug-likeness (QED) is 0.0213. The van der Waals surface area contributed by atoms with Crippen LogP contribution in [0.5, 0.6) is 0 Å². The number of hydrogen-bond acceptors (Lipinski definition) is 26. The van der Waals surface area contributed by atoms with Crippen LogP contribution in [-0.4, -0.2) is 270 Å². The molecule has 0 fully saturated rings. The van der Waals surface area contributed by atoms with E-state index < -0.39 is 260 Å². The summed E-state index contributed by atoms with van der Waals surface area (Å²) in [5.74, 6) is -21.3. The lowest BCUT2D eigenvalue weighted by atomic mass is 9.99. The summed E-state index contributed by atoms with van der Waals surface area (Å²) in [6.45, 7) is 10.3. The van der Waals surface area contributed by atoms with Crippen LogP contribution in [0.2, 0.25) is 0 Å². The number of carbonyl (C=O) groups excluding carboxylic acids is 14. The summed E-state index contributed by atoms with van der Waals surface area (Å²) in [7, 11) is 0. The van der Waals surface area contributed by atoms with Crippen molar-refractivity contribution in [3.05, 3.63) is 18.2 Å². The normalized spacial score (nSPS) is 15.1. The molecule has 0 radical (unpaired) electrons. The Hall–Kier alpha value is -9.83. The van der Waals surface area contributed by atoms with Gasteiger partial charge >= 0.3 is 23.9 Å². The molecule has 114 heavy (non-hydrogen) atoms. The van der Waals surface area contributed by atoms with Crippen molar-refractivity contribution in [3.63, 3.8) is 0 Å². The number of aromatic nitrogens is 2. The SMILES string of the molecule is CC(C)C[C@H](NC(=O)[C@H](CCC(=O)O)NC(=O)[C@H](Cc1cnc[nH]1)NC(=O)[C@H](CCC(=O)O)NC(=O)[C@H](CS)NC(=O)CNC(=O)[C@H](C)N)C(=O)N[C@@H](CC(C)C)C(=O)N[C@@H](CCCCN)C(=O)N[C@@H](CCC(=O)O)C(=O)N[C@@H](CCCCN)C(=O)N[C@@H](CS)C(=O)N[C@@H](CCCCN)C(=O)N[C@@H](C)C(=O)N[C@H](C(=O)O)[C@@H](C)O. The number of nitrogens with one attached hydrogen (secondary N) is 15. The van der Waals surface area contributed by atoms with Crippen LogP contribution in [-0.2, 0) is 92.7 Å². The van der Waals surface area contributed by atoms with Crippen LogP contribution in [0, 0.1) is 11.8 Å². The number of amides is 14. The average Bonchev–Trinajstić information content (AvgIpc) is 1.29. The molecule has 1 aromatic heterocycles. The molecule has 0 aliphatic carbocycles. The lowest BCUT2D eigenvalue weighted by Gasteiger charge is -2.29. The van der Waals surface area contributed by atoms with Crippen LogP contribution in [0.3, 0.4) is 0 Å². The van der Waals surface area contributed by atoms with Crippen molar-refractivity contribution in [2.45, 2.75) is 255 Å². The number of hydrogen-bond donors (Lipinski definition) is 26. The van der Waals surface area contributed by atoms with Gasteiger partial charge in [0.2, 0.25) is 82.7 Å². The maximum Gasteiger partial charge on any atom is 0.328 e. The molecule has 0 aromatic carbocycles. The third-order valence-corrected chi connectivity index (χ3v) is 17.9. The van der Waals surface area contributed by atoms with Gasteiger partial charge in [0.1, 0.15) is 72.5 Å². The topological polar surface area (TPSA) is 710 Å². The van der Waals surface area contributed by atoms with E-state index in [0.717, 1.165) is 6.92 Å². The van der Waals surface area contributed by atoms with E-state index in [2.05, 4.69) is 110 Å². The molecule has 45 heteroatoms. The number of aromatic amines is 1. The Labute approximate surface area is 670 Å². The molecule has 15 atom stereocenters. The molecule has 14 amide bonds. The predicted molar refractivity (Wildman–Crippen MR) is 415 cm³/mol. The fourth-order valence-electron chi connectivity index (χ4n) is 10.9. The fraction of sp³-hybridized carbons (Fsp3) is 0.696. The highest BCUT2D eigenvalue weighted by molar-refractivity contribution is 7.80. The first-order valence-corrected chi connectivity index (χ1v) is 38.7. The predicted octanol–water partition coefficient (Wildman–Crippen LogP) is -6.86. The Morgan fingerprint density at radius 2 is 0.702 bits per heavy atom. The standard InChI is InChI=1S/C69H118N20O23S2/c1-34(2)26-46(86-65(107)47(27-35(3)4)85-62(104)44(18-21-53(94)95)83-66(108)48(28-39-29-74-33-76-39)87-63(105)45(19-22-54(96)97)84-67(109)49(31-113)78-51(91)30-75-56(98)36(5)73)64(106)80-41(15-9-12-24-71)59(101)82-43(17-20-52(92)93)61(103)79-42(16-10-13-25-72)60(102)88-50(32-114)68(110)81-40(14-8-11-23-70)58(100)77-37(6)57(99)89-55(38(7)90)69(111)112/h29,33-38,40-50,55,90,113-114H,8-28,30-32,70-73H2,1-7H3,(H,74,76)(H,75,98)(H,77,100)(H,78,91)(H,79,103)(H,80,106)(H,81,110)(H,82,101)(H,83,108)(H,84,109)(H,85,104)(H,86,107)(H,87,105)(H,88,102)(H,89,99)(H,92,93)(H,94,95)(H,96,97)(H,111,112)/t36-,37-,38+,40-,41-,42-,43-,44-,45-,46-,47-,48-,49-,50-,55-/m0/s1. The minimum Gasteiger partial charge on any atom is -0.481 e. The number of carbonyl (C=O) groups is 18. The smallest absolute Gasteiger partial charge is 0.328 e. The summed E-state index contributed by atoms with van der Waals surface area (Å²) >= 11 is 8.35. The molecule has 1 heterocycles. The molecule has 43 nitrogen and oxygen atoms in total. The largest absolute Gasteiger partial charge is 0.481 e. The second-order valence-corrected chi connectivity index (χ2v) is 28.8. The molecule has 0 saturated carbocycles. The molecule has 0 bridgehead atoms. The van der Waals surface area contributed by atoms with Gasteiger partial charge in [0, 0.05) is 49.1 Å². The van der Waals surface area contributed by atoms with Crippen molar-refractivity contribution in [1.82, 2.24) is 84.4 Å². The van der Waals surface area contributed by atoms with E-state index in [9.17, 15) is 112 Å². The van der Waals surface area contributed by atoms with Crippen LogP contribution >= 0.6 is 25.3 Å². The number of carboxylic acids is 4. The average molecular weight is 1660 g/mol. The summed E-state index contributed by atoms with van der Waals surface area (Å²) in [4.78, 5) is 249.